The Balaban J connectivity index is 2.43. The standard InChI is InChI=1S/C14H21NO2/c1-8-10(16-4)6-9(7-11(8)17-5)12-13(15)14(12,2)3/h6-7,12-13H,15H2,1-5H3/t12-,13-/m0/s1. The molecule has 1 aromatic carbocycles. The third-order valence-corrected chi connectivity index (χ3v) is 4.04. The summed E-state index contributed by atoms with van der Waals surface area (Å²) in [6, 6.07) is 4.38. The molecule has 2 rings (SSSR count). The van der Waals surface area contributed by atoms with E-state index < -0.39 is 0 Å². The number of nitrogens with two attached hydrogens (primary N) is 1. The molecule has 0 radical (unpaired) electrons. The largest absolute Gasteiger partial charge is 0.496 e. The van der Waals surface area contributed by atoms with E-state index in [1.807, 2.05) is 6.92 Å². The third kappa shape index (κ3) is 1.78. The third-order valence-electron chi connectivity index (χ3n) is 4.04. The molecular formula is C14H21NO2. The fourth-order valence-electron chi connectivity index (χ4n) is 2.60. The Kier molecular flexibility index (Phi) is 2.82. The normalized spacial score (nSPS) is 25.5. The molecule has 3 heteroatoms. The van der Waals surface area contributed by atoms with Crippen LogP contribution in [0.5, 0.6) is 11.5 Å². The highest BCUT2D eigenvalue weighted by Crippen LogP contribution is 2.58. The molecule has 0 aliphatic heterocycles. The van der Waals surface area contributed by atoms with E-state index in [-0.39, 0.29) is 11.5 Å². The summed E-state index contributed by atoms with van der Waals surface area (Å²) in [5.74, 6) is 2.13. The molecule has 0 heterocycles. The van der Waals surface area contributed by atoms with Crippen LogP contribution in [0, 0.1) is 12.3 Å². The molecule has 1 aliphatic rings. The summed E-state index contributed by atoms with van der Waals surface area (Å²) in [5.41, 5.74) is 8.53. The fourth-order valence-corrected chi connectivity index (χ4v) is 2.60. The summed E-state index contributed by atoms with van der Waals surface area (Å²) in [7, 11) is 3.37. The van der Waals surface area contributed by atoms with Gasteiger partial charge in [-0.25, -0.2) is 0 Å². The van der Waals surface area contributed by atoms with Crippen LogP contribution in [0.25, 0.3) is 0 Å². The molecule has 0 aromatic heterocycles. The molecule has 2 N–H and O–H groups in total. The van der Waals surface area contributed by atoms with Crippen LogP contribution in [0.4, 0.5) is 0 Å². The summed E-state index contributed by atoms with van der Waals surface area (Å²) in [6.07, 6.45) is 0. The lowest BCUT2D eigenvalue weighted by Crippen LogP contribution is -2.06. The summed E-state index contributed by atoms with van der Waals surface area (Å²) >= 11 is 0. The SMILES string of the molecule is COc1cc([C@H]2[C@H](N)C2(C)C)cc(OC)c1C. The van der Waals surface area contributed by atoms with E-state index in [0.29, 0.717) is 5.92 Å². The second-order valence-electron chi connectivity index (χ2n) is 5.38. The van der Waals surface area contributed by atoms with Gasteiger partial charge in [-0.3, -0.25) is 0 Å². The number of methoxy groups -OCH3 is 2. The van der Waals surface area contributed by atoms with E-state index in [2.05, 4.69) is 26.0 Å². The van der Waals surface area contributed by atoms with Crippen LogP contribution in [-0.4, -0.2) is 20.3 Å². The zero-order valence-electron chi connectivity index (χ0n) is 11.2. The van der Waals surface area contributed by atoms with Crippen LogP contribution in [0.1, 0.15) is 30.9 Å². The van der Waals surface area contributed by atoms with E-state index in [4.69, 9.17) is 15.2 Å². The Morgan fingerprint density at radius 3 is 1.82 bits per heavy atom. The fraction of sp³-hybridized carbons (Fsp3) is 0.571. The average Bonchev–Trinajstić information content (AvgIpc) is 2.79. The monoisotopic (exact) mass is 235 g/mol. The molecule has 1 saturated carbocycles. The molecule has 17 heavy (non-hydrogen) atoms. The van der Waals surface area contributed by atoms with Crippen molar-refractivity contribution in [2.75, 3.05) is 14.2 Å². The maximum Gasteiger partial charge on any atom is 0.125 e. The Bertz CT molecular complexity index is 415. The minimum Gasteiger partial charge on any atom is -0.496 e. The van der Waals surface area contributed by atoms with Crippen molar-refractivity contribution in [1.29, 1.82) is 0 Å². The molecule has 3 nitrogen and oxygen atoms in total. The predicted octanol–water partition coefficient (Wildman–Crippen LogP) is 2.46. The zero-order chi connectivity index (χ0) is 12.8. The van der Waals surface area contributed by atoms with Gasteiger partial charge in [0.05, 0.1) is 14.2 Å². The van der Waals surface area contributed by atoms with E-state index in [0.717, 1.165) is 17.1 Å². The molecule has 0 bridgehead atoms. The van der Waals surface area contributed by atoms with Crippen molar-refractivity contribution in [3.05, 3.63) is 23.3 Å². The first-order chi connectivity index (χ1) is 7.93. The van der Waals surface area contributed by atoms with E-state index >= 15 is 0 Å². The number of ether oxygens (including phenoxy) is 2. The lowest BCUT2D eigenvalue weighted by Gasteiger charge is -2.13. The molecular weight excluding hydrogens is 214 g/mol. The van der Waals surface area contributed by atoms with Crippen LogP contribution >= 0.6 is 0 Å². The van der Waals surface area contributed by atoms with Crippen molar-refractivity contribution in [3.63, 3.8) is 0 Å². The molecule has 0 amide bonds. The highest BCUT2D eigenvalue weighted by Gasteiger charge is 2.56. The minimum atomic E-state index is 0.172. The second kappa shape index (κ2) is 3.91. The Labute approximate surface area is 103 Å². The van der Waals surface area contributed by atoms with Crippen molar-refractivity contribution in [3.8, 4) is 11.5 Å². The van der Waals surface area contributed by atoms with Gasteiger partial charge in [-0.1, -0.05) is 13.8 Å². The molecule has 1 aliphatic carbocycles. The zero-order valence-corrected chi connectivity index (χ0v) is 11.2. The van der Waals surface area contributed by atoms with Gasteiger partial charge in [0.1, 0.15) is 11.5 Å². The van der Waals surface area contributed by atoms with Gasteiger partial charge in [0.25, 0.3) is 0 Å². The number of rotatable bonds is 3. The summed E-state index contributed by atoms with van der Waals surface area (Å²) in [6.45, 7) is 6.39. The summed E-state index contributed by atoms with van der Waals surface area (Å²) in [4.78, 5) is 0. The van der Waals surface area contributed by atoms with Crippen LogP contribution in [0.2, 0.25) is 0 Å². The predicted molar refractivity (Wildman–Crippen MR) is 68.8 cm³/mol. The molecule has 0 spiro atoms. The lowest BCUT2D eigenvalue weighted by atomic mass is 10.0. The second-order valence-corrected chi connectivity index (χ2v) is 5.38. The Hall–Kier alpha value is -1.22. The number of hydrogen-bond donors (Lipinski definition) is 1. The van der Waals surface area contributed by atoms with Gasteiger partial charge in [-0.15, -0.1) is 0 Å². The molecule has 94 valence electrons. The van der Waals surface area contributed by atoms with Gasteiger partial charge in [-0.2, -0.15) is 0 Å². The van der Waals surface area contributed by atoms with Crippen molar-refractivity contribution in [2.45, 2.75) is 32.7 Å². The highest BCUT2D eigenvalue weighted by atomic mass is 16.5. The maximum atomic E-state index is 6.12. The first-order valence-electron chi connectivity index (χ1n) is 5.91. The van der Waals surface area contributed by atoms with Crippen LogP contribution in [0.3, 0.4) is 0 Å². The van der Waals surface area contributed by atoms with Crippen molar-refractivity contribution < 1.29 is 9.47 Å². The first-order valence-corrected chi connectivity index (χ1v) is 5.91. The van der Waals surface area contributed by atoms with E-state index in [1.165, 1.54) is 5.56 Å². The smallest absolute Gasteiger partial charge is 0.125 e. The van der Waals surface area contributed by atoms with Gasteiger partial charge < -0.3 is 15.2 Å². The van der Waals surface area contributed by atoms with Crippen molar-refractivity contribution in [2.24, 2.45) is 11.1 Å². The van der Waals surface area contributed by atoms with Gasteiger partial charge >= 0.3 is 0 Å². The highest BCUT2D eigenvalue weighted by molar-refractivity contribution is 5.50. The summed E-state index contributed by atoms with van der Waals surface area (Å²) < 4.78 is 10.8. The number of hydrogen-bond acceptors (Lipinski definition) is 3. The quantitative estimate of drug-likeness (QED) is 0.875. The van der Waals surface area contributed by atoms with Gasteiger partial charge in [-0.05, 0) is 30.0 Å². The molecule has 1 aromatic rings. The van der Waals surface area contributed by atoms with Gasteiger partial charge in [0, 0.05) is 17.5 Å². The minimum absolute atomic E-state index is 0.172. The molecule has 0 unspecified atom stereocenters. The molecule has 0 saturated heterocycles. The summed E-state index contributed by atoms with van der Waals surface area (Å²) in [5, 5.41) is 0. The maximum absolute atomic E-state index is 6.12. The molecule has 1 fully saturated rings. The Morgan fingerprint density at radius 2 is 1.53 bits per heavy atom. The van der Waals surface area contributed by atoms with Crippen LogP contribution in [0.15, 0.2) is 12.1 Å². The van der Waals surface area contributed by atoms with Crippen molar-refractivity contribution in [1.82, 2.24) is 0 Å². The van der Waals surface area contributed by atoms with Crippen molar-refractivity contribution >= 4 is 0 Å². The van der Waals surface area contributed by atoms with Gasteiger partial charge in [0.15, 0.2) is 0 Å². The Morgan fingerprint density at radius 1 is 1.12 bits per heavy atom. The lowest BCUT2D eigenvalue weighted by molar-refractivity contribution is 0.387. The van der Waals surface area contributed by atoms with E-state index in [1.54, 1.807) is 14.2 Å². The first kappa shape index (κ1) is 12.2. The average molecular weight is 235 g/mol. The number of benzene rings is 1. The molecule has 2 atom stereocenters. The topological polar surface area (TPSA) is 44.5 Å². The van der Waals surface area contributed by atoms with Crippen LogP contribution < -0.4 is 15.2 Å². The van der Waals surface area contributed by atoms with Crippen LogP contribution in [-0.2, 0) is 0 Å². The van der Waals surface area contributed by atoms with Gasteiger partial charge in [0.2, 0.25) is 0 Å². The van der Waals surface area contributed by atoms with E-state index in [9.17, 15) is 0 Å².